The van der Waals surface area contributed by atoms with E-state index in [-0.39, 0.29) is 12.0 Å². The molecule has 2 saturated heterocycles. The minimum Gasteiger partial charge on any atom is -0.475 e. The lowest BCUT2D eigenvalue weighted by Crippen LogP contribution is -2.41. The maximum absolute atomic E-state index is 12.3. The van der Waals surface area contributed by atoms with Gasteiger partial charge in [-0.05, 0) is 31.0 Å². The standard InChI is InChI=1S/C19H25N5O2.2C2HF3O2/c1-23-10-14(8-21-23)11-24-6-4-17-15(12-24)13-26-18(17)7-19(25)22-16-3-2-5-20-9-16;2*3-2(4,5)1(6)7/h2-3,5,8-10,15,17-18H,4,6-7,11-13H2,1H3,(H,22,25);2*(H,6,7)/t15-,17-,18+;;/m1../s1. The fourth-order valence-electron chi connectivity index (χ4n) is 4.16. The van der Waals surface area contributed by atoms with Crippen LogP contribution in [-0.2, 0) is 32.7 Å². The number of fused-ring (bicyclic) bond motifs is 1. The lowest BCUT2D eigenvalue weighted by molar-refractivity contribution is -0.193. The third kappa shape index (κ3) is 10.8. The molecule has 0 radical (unpaired) electrons. The monoisotopic (exact) mass is 583 g/mol. The molecule has 2 aromatic rings. The number of carbonyl (C=O) groups is 3. The van der Waals surface area contributed by atoms with Gasteiger partial charge in [-0.1, -0.05) is 0 Å². The maximum Gasteiger partial charge on any atom is 0.490 e. The molecule has 222 valence electrons. The topological polar surface area (TPSA) is 147 Å². The average Bonchev–Trinajstić information content (AvgIpc) is 3.44. The van der Waals surface area contributed by atoms with Gasteiger partial charge in [-0.25, -0.2) is 9.59 Å². The molecule has 4 rings (SSSR count). The third-order valence-electron chi connectivity index (χ3n) is 5.86. The third-order valence-corrected chi connectivity index (χ3v) is 5.86. The largest absolute Gasteiger partial charge is 0.490 e. The number of anilines is 1. The average molecular weight is 583 g/mol. The normalized spacial score (nSPS) is 20.7. The summed E-state index contributed by atoms with van der Waals surface area (Å²) in [5.74, 6) is -4.53. The molecule has 2 aromatic heterocycles. The summed E-state index contributed by atoms with van der Waals surface area (Å²) in [6.45, 7) is 3.75. The SMILES string of the molecule is Cn1cc(CN2CC[C@@H]3[C@@H](CO[C@H]3CC(=O)Nc3cccnc3)C2)cn1.O=C(O)C(F)(F)F.O=C(O)C(F)(F)F. The molecule has 0 spiro atoms. The van der Waals surface area contributed by atoms with Crippen molar-refractivity contribution in [3.8, 4) is 0 Å². The predicted molar refractivity (Wildman–Crippen MR) is 125 cm³/mol. The summed E-state index contributed by atoms with van der Waals surface area (Å²) in [6.07, 6.45) is -1.29. The minimum absolute atomic E-state index is 0.00133. The number of rotatable bonds is 5. The van der Waals surface area contributed by atoms with Crippen LogP contribution in [0.1, 0.15) is 18.4 Å². The number of nitrogens with one attached hydrogen (secondary N) is 1. The number of carbonyl (C=O) groups excluding carboxylic acids is 1. The van der Waals surface area contributed by atoms with Gasteiger partial charge in [0, 0.05) is 44.0 Å². The van der Waals surface area contributed by atoms with E-state index in [0.29, 0.717) is 18.3 Å². The molecule has 2 fully saturated rings. The Morgan fingerprint density at radius 1 is 1.10 bits per heavy atom. The van der Waals surface area contributed by atoms with E-state index >= 15 is 0 Å². The number of hydrogen-bond acceptors (Lipinski definition) is 7. The van der Waals surface area contributed by atoms with E-state index in [0.717, 1.165) is 38.3 Å². The number of carboxylic acid groups (broad SMARTS) is 2. The first-order valence-electron chi connectivity index (χ1n) is 11.7. The Bertz CT molecular complexity index is 1100. The molecule has 0 aromatic carbocycles. The molecular weight excluding hydrogens is 556 g/mol. The summed E-state index contributed by atoms with van der Waals surface area (Å²) in [4.78, 5) is 36.6. The van der Waals surface area contributed by atoms with Crippen molar-refractivity contribution >= 4 is 23.5 Å². The highest BCUT2D eigenvalue weighted by atomic mass is 19.4. The van der Waals surface area contributed by atoms with Crippen molar-refractivity contribution in [3.63, 3.8) is 0 Å². The lowest BCUT2D eigenvalue weighted by atomic mass is 9.83. The number of halogens is 6. The second kappa shape index (κ2) is 14.1. The predicted octanol–water partition coefficient (Wildman–Crippen LogP) is 2.95. The summed E-state index contributed by atoms with van der Waals surface area (Å²) >= 11 is 0. The van der Waals surface area contributed by atoms with E-state index in [2.05, 4.69) is 26.5 Å². The molecule has 40 heavy (non-hydrogen) atoms. The van der Waals surface area contributed by atoms with Crippen LogP contribution in [0, 0.1) is 11.8 Å². The van der Waals surface area contributed by atoms with Gasteiger partial charge in [-0.2, -0.15) is 31.4 Å². The number of ether oxygens (including phenoxy) is 1. The number of piperidine rings is 1. The van der Waals surface area contributed by atoms with Gasteiger partial charge in [0.15, 0.2) is 0 Å². The van der Waals surface area contributed by atoms with E-state index in [9.17, 15) is 31.1 Å². The molecular formula is C23H27F6N5O6. The first-order valence-corrected chi connectivity index (χ1v) is 11.7. The number of amides is 1. The summed E-state index contributed by atoms with van der Waals surface area (Å²) in [6, 6.07) is 3.66. The number of likely N-dealkylation sites (tertiary alicyclic amines) is 1. The Kier molecular flexibility index (Phi) is 11.4. The highest BCUT2D eigenvalue weighted by Crippen LogP contribution is 2.36. The fraction of sp³-hybridized carbons (Fsp3) is 0.522. The molecule has 17 heteroatoms. The molecule has 0 bridgehead atoms. The smallest absolute Gasteiger partial charge is 0.475 e. The van der Waals surface area contributed by atoms with Crippen LogP contribution < -0.4 is 5.32 Å². The van der Waals surface area contributed by atoms with Gasteiger partial charge in [0.05, 0.1) is 37.2 Å². The zero-order valence-electron chi connectivity index (χ0n) is 21.0. The summed E-state index contributed by atoms with van der Waals surface area (Å²) in [5.41, 5.74) is 1.98. The molecule has 4 heterocycles. The number of alkyl halides is 6. The number of aliphatic carboxylic acids is 2. The van der Waals surface area contributed by atoms with E-state index < -0.39 is 24.3 Å². The Balaban J connectivity index is 0.000000333. The number of aromatic nitrogens is 3. The summed E-state index contributed by atoms with van der Waals surface area (Å²) < 4.78 is 71.3. The van der Waals surface area contributed by atoms with Crippen LogP contribution in [0.4, 0.5) is 32.0 Å². The Morgan fingerprint density at radius 3 is 2.23 bits per heavy atom. The van der Waals surface area contributed by atoms with Gasteiger partial charge in [0.1, 0.15) is 0 Å². The second-order valence-electron chi connectivity index (χ2n) is 8.94. The quantitative estimate of drug-likeness (QED) is 0.452. The van der Waals surface area contributed by atoms with Crippen LogP contribution in [0.15, 0.2) is 36.9 Å². The van der Waals surface area contributed by atoms with E-state index in [1.165, 1.54) is 5.56 Å². The Morgan fingerprint density at radius 2 is 1.73 bits per heavy atom. The number of carboxylic acids is 2. The first-order chi connectivity index (χ1) is 18.6. The highest BCUT2D eigenvalue weighted by Gasteiger charge is 2.41. The van der Waals surface area contributed by atoms with Gasteiger partial charge in [0.25, 0.3) is 0 Å². The van der Waals surface area contributed by atoms with E-state index in [1.54, 1.807) is 12.4 Å². The van der Waals surface area contributed by atoms with Crippen LogP contribution in [0.5, 0.6) is 0 Å². The first kappa shape index (κ1) is 32.5. The summed E-state index contributed by atoms with van der Waals surface area (Å²) in [5, 5.41) is 21.4. The molecule has 0 unspecified atom stereocenters. The van der Waals surface area contributed by atoms with E-state index in [1.807, 2.05) is 30.1 Å². The molecule has 0 saturated carbocycles. The van der Waals surface area contributed by atoms with Crippen molar-refractivity contribution in [2.24, 2.45) is 18.9 Å². The van der Waals surface area contributed by atoms with Gasteiger partial charge in [-0.3, -0.25) is 19.4 Å². The number of aryl methyl sites for hydroxylation is 1. The molecule has 1 amide bonds. The molecule has 11 nitrogen and oxygen atoms in total. The molecule has 2 aliphatic heterocycles. The number of nitrogens with zero attached hydrogens (tertiary/aromatic N) is 4. The van der Waals surface area contributed by atoms with Crippen molar-refractivity contribution < 1.29 is 55.7 Å². The van der Waals surface area contributed by atoms with Crippen LogP contribution >= 0.6 is 0 Å². The number of pyridine rings is 1. The van der Waals surface area contributed by atoms with Crippen molar-refractivity contribution in [3.05, 3.63) is 42.5 Å². The van der Waals surface area contributed by atoms with Crippen molar-refractivity contribution in [1.82, 2.24) is 19.7 Å². The zero-order chi connectivity index (χ0) is 30.1. The van der Waals surface area contributed by atoms with Gasteiger partial charge in [0.2, 0.25) is 5.91 Å². The van der Waals surface area contributed by atoms with Gasteiger partial charge < -0.3 is 20.3 Å². The maximum atomic E-state index is 12.3. The Labute approximate surface area is 223 Å². The molecule has 2 aliphatic rings. The highest BCUT2D eigenvalue weighted by molar-refractivity contribution is 5.90. The molecule has 0 aliphatic carbocycles. The molecule has 3 atom stereocenters. The second-order valence-corrected chi connectivity index (χ2v) is 8.94. The van der Waals surface area contributed by atoms with Crippen LogP contribution in [-0.4, -0.2) is 85.9 Å². The number of hydrogen-bond donors (Lipinski definition) is 3. The minimum atomic E-state index is -5.08. The van der Waals surface area contributed by atoms with E-state index in [4.69, 9.17) is 24.5 Å². The van der Waals surface area contributed by atoms with Crippen molar-refractivity contribution in [2.75, 3.05) is 25.0 Å². The fourth-order valence-corrected chi connectivity index (χ4v) is 4.16. The molecule has 3 N–H and O–H groups in total. The van der Waals surface area contributed by atoms with Crippen LogP contribution in [0.3, 0.4) is 0 Å². The van der Waals surface area contributed by atoms with Crippen molar-refractivity contribution in [2.45, 2.75) is 37.8 Å². The van der Waals surface area contributed by atoms with Crippen molar-refractivity contribution in [1.29, 1.82) is 0 Å². The summed E-state index contributed by atoms with van der Waals surface area (Å²) in [7, 11) is 1.95. The van der Waals surface area contributed by atoms with Gasteiger partial charge in [-0.15, -0.1) is 0 Å². The van der Waals surface area contributed by atoms with Crippen LogP contribution in [0.2, 0.25) is 0 Å². The van der Waals surface area contributed by atoms with Gasteiger partial charge >= 0.3 is 24.3 Å². The zero-order valence-corrected chi connectivity index (χ0v) is 21.0. The lowest BCUT2D eigenvalue weighted by Gasteiger charge is -2.35. The van der Waals surface area contributed by atoms with Crippen LogP contribution in [0.25, 0.3) is 0 Å². The Hall–Kier alpha value is -3.73.